The quantitative estimate of drug-likeness (QED) is 0.927. The van der Waals surface area contributed by atoms with Crippen molar-refractivity contribution in [2.75, 3.05) is 26.0 Å². The largest absolute Gasteiger partial charge is 0.382 e. The van der Waals surface area contributed by atoms with Gasteiger partial charge in [0.2, 0.25) is 0 Å². The molecule has 0 radical (unpaired) electrons. The molecule has 1 aromatic carbocycles. The molecule has 4 heteroatoms. The Morgan fingerprint density at radius 2 is 2.14 bits per heavy atom. The van der Waals surface area contributed by atoms with Gasteiger partial charge in [-0.3, -0.25) is 4.79 Å². The number of nitrogens with one attached hydrogen (secondary N) is 1. The van der Waals surface area contributed by atoms with Crippen LogP contribution in [0.4, 0.5) is 5.69 Å². The van der Waals surface area contributed by atoms with Gasteiger partial charge in [0.1, 0.15) is 0 Å². The minimum atomic E-state index is 0.0330. The van der Waals surface area contributed by atoms with E-state index in [4.69, 9.17) is 4.74 Å². The van der Waals surface area contributed by atoms with Crippen molar-refractivity contribution in [3.05, 3.63) is 29.8 Å². The van der Waals surface area contributed by atoms with E-state index in [9.17, 15) is 4.79 Å². The number of nitrogens with zero attached hydrogens (tertiary/aromatic N) is 1. The molecule has 1 aliphatic heterocycles. The van der Waals surface area contributed by atoms with Crippen LogP contribution in [0.1, 0.15) is 37.0 Å². The summed E-state index contributed by atoms with van der Waals surface area (Å²) in [7, 11) is 3.54. The molecule has 0 spiro atoms. The Hall–Kier alpha value is -1.55. The molecule has 0 bridgehead atoms. The fraction of sp³-hybridized carbons (Fsp3) is 0.588. The molecule has 1 N–H and O–H groups in total. The van der Waals surface area contributed by atoms with Crippen LogP contribution < -0.4 is 5.32 Å². The summed E-state index contributed by atoms with van der Waals surface area (Å²) in [6, 6.07) is 8.15. The van der Waals surface area contributed by atoms with Gasteiger partial charge in [-0.15, -0.1) is 0 Å². The van der Waals surface area contributed by atoms with E-state index in [0.717, 1.165) is 30.7 Å². The minimum absolute atomic E-state index is 0.0330. The van der Waals surface area contributed by atoms with Crippen molar-refractivity contribution in [3.63, 3.8) is 0 Å². The number of hydrogen-bond donors (Lipinski definition) is 1. The summed E-state index contributed by atoms with van der Waals surface area (Å²) in [5.41, 5.74) is 1.73. The fourth-order valence-electron chi connectivity index (χ4n) is 2.66. The number of anilines is 1. The summed E-state index contributed by atoms with van der Waals surface area (Å²) in [5.74, 6) is 0.571. The smallest absolute Gasteiger partial charge is 0.253 e. The lowest BCUT2D eigenvalue weighted by atomic mass is 9.95. The Kier molecular flexibility index (Phi) is 5.23. The monoisotopic (exact) mass is 290 g/mol. The molecule has 0 saturated carbocycles. The summed E-state index contributed by atoms with van der Waals surface area (Å²) < 4.78 is 5.80. The van der Waals surface area contributed by atoms with E-state index in [1.165, 1.54) is 0 Å². The normalized spacial score (nSPS) is 22.1. The predicted octanol–water partition coefficient (Wildman–Crippen LogP) is 3.00. The van der Waals surface area contributed by atoms with Crippen LogP contribution in [0.3, 0.4) is 0 Å². The third-order valence-electron chi connectivity index (χ3n) is 3.95. The van der Waals surface area contributed by atoms with Crippen molar-refractivity contribution < 1.29 is 9.53 Å². The maximum absolute atomic E-state index is 12.0. The third-order valence-corrected chi connectivity index (χ3v) is 3.95. The topological polar surface area (TPSA) is 41.6 Å². The first-order valence-corrected chi connectivity index (χ1v) is 7.67. The highest BCUT2D eigenvalue weighted by Gasteiger charge is 2.24. The number of carbonyl (C=O) groups is 1. The van der Waals surface area contributed by atoms with Crippen LogP contribution >= 0.6 is 0 Å². The highest BCUT2D eigenvalue weighted by Crippen LogP contribution is 2.23. The van der Waals surface area contributed by atoms with Crippen molar-refractivity contribution in [2.24, 2.45) is 5.92 Å². The van der Waals surface area contributed by atoms with Gasteiger partial charge in [0.15, 0.2) is 0 Å². The zero-order valence-corrected chi connectivity index (χ0v) is 13.4. The van der Waals surface area contributed by atoms with Gasteiger partial charge in [-0.05, 0) is 37.0 Å². The summed E-state index contributed by atoms with van der Waals surface area (Å²) >= 11 is 0. The summed E-state index contributed by atoms with van der Waals surface area (Å²) in [6.07, 6.45) is 2.35. The maximum atomic E-state index is 12.0. The average Bonchev–Trinajstić information content (AvgIpc) is 2.47. The highest BCUT2D eigenvalue weighted by atomic mass is 16.5. The standard InChI is InChI=1S/C17H26N2O2/c1-12(2)16-11-15(8-9-21-16)18-14-7-5-6-13(10-14)17(20)19(3)4/h5-7,10,12,15-16,18H,8-9,11H2,1-4H3. The summed E-state index contributed by atoms with van der Waals surface area (Å²) in [5, 5.41) is 3.55. The number of amides is 1. The molecule has 0 aliphatic carbocycles. The zero-order valence-electron chi connectivity index (χ0n) is 13.4. The first-order valence-electron chi connectivity index (χ1n) is 7.67. The molecule has 4 nitrogen and oxygen atoms in total. The molecule has 21 heavy (non-hydrogen) atoms. The number of benzene rings is 1. The number of carbonyl (C=O) groups excluding carboxylic acids is 1. The van der Waals surface area contributed by atoms with Crippen LogP contribution in [0.15, 0.2) is 24.3 Å². The van der Waals surface area contributed by atoms with Gasteiger partial charge in [0.05, 0.1) is 6.10 Å². The molecule has 2 unspecified atom stereocenters. The predicted molar refractivity (Wildman–Crippen MR) is 85.7 cm³/mol. The SMILES string of the molecule is CC(C)C1CC(Nc2cccc(C(=O)N(C)C)c2)CCO1. The molecule has 2 atom stereocenters. The van der Waals surface area contributed by atoms with E-state index in [2.05, 4.69) is 19.2 Å². The van der Waals surface area contributed by atoms with Gasteiger partial charge < -0.3 is 15.0 Å². The fourth-order valence-corrected chi connectivity index (χ4v) is 2.66. The Labute approximate surface area is 127 Å². The van der Waals surface area contributed by atoms with E-state index >= 15 is 0 Å². The Morgan fingerprint density at radius 3 is 2.81 bits per heavy atom. The Morgan fingerprint density at radius 1 is 1.38 bits per heavy atom. The van der Waals surface area contributed by atoms with E-state index in [0.29, 0.717) is 18.1 Å². The molecule has 116 valence electrons. The molecule has 0 aromatic heterocycles. The first kappa shape index (κ1) is 15.8. The second kappa shape index (κ2) is 6.94. The minimum Gasteiger partial charge on any atom is -0.382 e. The lowest BCUT2D eigenvalue weighted by Crippen LogP contribution is -2.36. The first-order chi connectivity index (χ1) is 9.97. The molecule has 2 rings (SSSR count). The Bertz CT molecular complexity index is 485. The highest BCUT2D eigenvalue weighted by molar-refractivity contribution is 5.94. The van der Waals surface area contributed by atoms with Gasteiger partial charge in [-0.25, -0.2) is 0 Å². The van der Waals surface area contributed by atoms with Crippen LogP contribution in [-0.2, 0) is 4.74 Å². The van der Waals surface area contributed by atoms with Crippen molar-refractivity contribution in [2.45, 2.75) is 38.8 Å². The number of rotatable bonds is 4. The lowest BCUT2D eigenvalue weighted by Gasteiger charge is -2.33. The van der Waals surface area contributed by atoms with Crippen LogP contribution in [-0.4, -0.2) is 43.7 Å². The summed E-state index contributed by atoms with van der Waals surface area (Å²) in [4.78, 5) is 13.6. The lowest BCUT2D eigenvalue weighted by molar-refractivity contribution is -0.0160. The van der Waals surface area contributed by atoms with Gasteiger partial charge in [-0.2, -0.15) is 0 Å². The number of hydrogen-bond acceptors (Lipinski definition) is 3. The van der Waals surface area contributed by atoms with Crippen molar-refractivity contribution in [1.82, 2.24) is 4.90 Å². The van der Waals surface area contributed by atoms with Gasteiger partial charge >= 0.3 is 0 Å². The summed E-state index contributed by atoms with van der Waals surface area (Å²) in [6.45, 7) is 5.20. The molecule has 1 aromatic rings. The maximum Gasteiger partial charge on any atom is 0.253 e. The molecular formula is C17H26N2O2. The van der Waals surface area contributed by atoms with Crippen LogP contribution in [0.25, 0.3) is 0 Å². The van der Waals surface area contributed by atoms with Gasteiger partial charge in [-0.1, -0.05) is 19.9 Å². The molecule has 1 amide bonds. The van der Waals surface area contributed by atoms with Gasteiger partial charge in [0, 0.05) is 38.0 Å². The second-order valence-electron chi connectivity index (χ2n) is 6.30. The Balaban J connectivity index is 2.02. The molecule has 1 fully saturated rings. The van der Waals surface area contributed by atoms with Crippen LogP contribution in [0.2, 0.25) is 0 Å². The van der Waals surface area contributed by atoms with Gasteiger partial charge in [0.25, 0.3) is 5.91 Å². The molecular weight excluding hydrogens is 264 g/mol. The van der Waals surface area contributed by atoms with Crippen molar-refractivity contribution in [3.8, 4) is 0 Å². The molecule has 1 heterocycles. The molecule has 1 saturated heterocycles. The number of ether oxygens (including phenoxy) is 1. The molecule has 1 aliphatic rings. The van der Waals surface area contributed by atoms with Crippen molar-refractivity contribution in [1.29, 1.82) is 0 Å². The average molecular weight is 290 g/mol. The van der Waals surface area contributed by atoms with Crippen LogP contribution in [0.5, 0.6) is 0 Å². The van der Waals surface area contributed by atoms with E-state index in [-0.39, 0.29) is 5.91 Å². The van der Waals surface area contributed by atoms with E-state index < -0.39 is 0 Å². The van der Waals surface area contributed by atoms with E-state index in [1.54, 1.807) is 19.0 Å². The van der Waals surface area contributed by atoms with Crippen LogP contribution in [0, 0.1) is 5.92 Å². The van der Waals surface area contributed by atoms with E-state index in [1.807, 2.05) is 24.3 Å². The van der Waals surface area contributed by atoms with Crippen molar-refractivity contribution >= 4 is 11.6 Å². The second-order valence-corrected chi connectivity index (χ2v) is 6.30. The zero-order chi connectivity index (χ0) is 15.4. The third kappa shape index (κ3) is 4.21.